The molecule has 0 spiro atoms. The zero-order valence-electron chi connectivity index (χ0n) is 9.43. The highest BCUT2D eigenvalue weighted by Gasteiger charge is 2.48. The Morgan fingerprint density at radius 2 is 2.28 bits per heavy atom. The Morgan fingerprint density at radius 3 is 2.78 bits per heavy atom. The lowest BCUT2D eigenvalue weighted by atomic mass is 10.1. The lowest BCUT2D eigenvalue weighted by molar-refractivity contribution is -0.394. The van der Waals surface area contributed by atoms with Gasteiger partial charge in [-0.05, 0) is 4.92 Å². The molecule has 0 aliphatic carbocycles. The lowest BCUT2D eigenvalue weighted by Crippen LogP contribution is -2.32. The predicted molar refractivity (Wildman–Crippen MR) is 55.5 cm³/mol. The first-order chi connectivity index (χ1) is 8.47. The van der Waals surface area contributed by atoms with Crippen LogP contribution in [0.5, 0.6) is 0 Å². The van der Waals surface area contributed by atoms with Crippen molar-refractivity contribution < 1.29 is 24.3 Å². The summed E-state index contributed by atoms with van der Waals surface area (Å²) in [7, 11) is 0. The second-order valence-electron chi connectivity index (χ2n) is 3.99. The van der Waals surface area contributed by atoms with E-state index in [1.165, 1.54) is 6.92 Å². The molecular weight excluding hydrogens is 249 g/mol. The standard InChI is InChI=1S/C9H12FN3O5/c1-4-11-3-6(13(16)17)12(4)9-8(15)7(14)5(2-10)18-9/h3,5,7-9,14-15H,2H2,1H3. The third-order valence-electron chi connectivity index (χ3n) is 2.89. The minimum Gasteiger partial charge on any atom is -0.387 e. The molecule has 2 N–H and O–H groups in total. The van der Waals surface area contributed by atoms with Crippen LogP contribution in [0.25, 0.3) is 0 Å². The van der Waals surface area contributed by atoms with Gasteiger partial charge in [-0.3, -0.25) is 0 Å². The van der Waals surface area contributed by atoms with E-state index >= 15 is 0 Å². The number of rotatable bonds is 3. The van der Waals surface area contributed by atoms with Crippen LogP contribution in [0, 0.1) is 17.0 Å². The minimum absolute atomic E-state index is 0.234. The summed E-state index contributed by atoms with van der Waals surface area (Å²) in [5.41, 5.74) is 0. The van der Waals surface area contributed by atoms with Crippen molar-refractivity contribution in [2.75, 3.05) is 6.67 Å². The summed E-state index contributed by atoms with van der Waals surface area (Å²) >= 11 is 0. The normalized spacial score (nSPS) is 31.8. The SMILES string of the molecule is Cc1ncc([N+](=O)[O-])n1C1OC(CF)C(O)C1O. The Balaban J connectivity index is 2.38. The van der Waals surface area contributed by atoms with Crippen LogP contribution in [0.15, 0.2) is 6.20 Å². The highest BCUT2D eigenvalue weighted by atomic mass is 19.1. The van der Waals surface area contributed by atoms with Crippen molar-refractivity contribution in [2.45, 2.75) is 31.5 Å². The molecule has 0 amide bonds. The highest BCUT2D eigenvalue weighted by molar-refractivity contribution is 5.20. The average Bonchev–Trinajstić information content (AvgIpc) is 2.82. The Hall–Kier alpha value is -1.58. The molecule has 18 heavy (non-hydrogen) atoms. The average molecular weight is 261 g/mol. The molecule has 1 aromatic heterocycles. The molecule has 1 saturated heterocycles. The van der Waals surface area contributed by atoms with Gasteiger partial charge in [0.25, 0.3) is 0 Å². The van der Waals surface area contributed by atoms with E-state index < -0.39 is 36.1 Å². The molecule has 1 aliphatic rings. The Labute approximate surface area is 101 Å². The number of aryl methyl sites for hydroxylation is 1. The molecule has 4 unspecified atom stereocenters. The highest BCUT2D eigenvalue weighted by Crippen LogP contribution is 2.33. The number of nitrogens with zero attached hydrogens (tertiary/aromatic N) is 3. The molecule has 1 fully saturated rings. The molecule has 0 bridgehead atoms. The van der Waals surface area contributed by atoms with Crippen molar-refractivity contribution >= 4 is 5.82 Å². The third kappa shape index (κ3) is 1.85. The van der Waals surface area contributed by atoms with Crippen molar-refractivity contribution in [3.05, 3.63) is 22.1 Å². The van der Waals surface area contributed by atoms with E-state index in [1.54, 1.807) is 0 Å². The maximum atomic E-state index is 12.5. The van der Waals surface area contributed by atoms with Gasteiger partial charge in [-0.25, -0.2) is 9.37 Å². The smallest absolute Gasteiger partial charge is 0.345 e. The number of alkyl halides is 1. The quantitative estimate of drug-likeness (QED) is 0.570. The van der Waals surface area contributed by atoms with Crippen molar-refractivity contribution in [3.8, 4) is 0 Å². The Kier molecular flexibility index (Phi) is 3.28. The molecular formula is C9H12FN3O5. The number of ether oxygens (including phenoxy) is 1. The molecule has 9 heteroatoms. The van der Waals surface area contributed by atoms with Gasteiger partial charge in [0.05, 0.1) is 0 Å². The van der Waals surface area contributed by atoms with E-state index in [-0.39, 0.29) is 11.6 Å². The molecule has 1 aliphatic heterocycles. The summed E-state index contributed by atoms with van der Waals surface area (Å²) in [6, 6.07) is 0. The maximum absolute atomic E-state index is 12.5. The zero-order chi connectivity index (χ0) is 13.4. The van der Waals surface area contributed by atoms with E-state index in [9.17, 15) is 24.7 Å². The number of imidazole rings is 1. The monoisotopic (exact) mass is 261 g/mol. The summed E-state index contributed by atoms with van der Waals surface area (Å²) in [4.78, 5) is 13.9. The number of nitro groups is 1. The first-order valence-electron chi connectivity index (χ1n) is 5.23. The molecule has 2 rings (SSSR count). The molecule has 1 aromatic rings. The van der Waals surface area contributed by atoms with Crippen molar-refractivity contribution in [3.63, 3.8) is 0 Å². The number of hydrogen-bond donors (Lipinski definition) is 2. The first-order valence-corrected chi connectivity index (χ1v) is 5.23. The number of aromatic nitrogens is 2. The fourth-order valence-electron chi connectivity index (χ4n) is 1.96. The molecule has 8 nitrogen and oxygen atoms in total. The Morgan fingerprint density at radius 1 is 1.61 bits per heavy atom. The van der Waals surface area contributed by atoms with Crippen LogP contribution in [-0.2, 0) is 4.74 Å². The topological polar surface area (TPSA) is 111 Å². The van der Waals surface area contributed by atoms with Gasteiger partial charge in [0.15, 0.2) is 5.82 Å². The van der Waals surface area contributed by atoms with Crippen LogP contribution in [-0.4, -0.2) is 49.7 Å². The molecule has 4 atom stereocenters. The van der Waals surface area contributed by atoms with E-state index in [2.05, 4.69) is 4.98 Å². The van der Waals surface area contributed by atoms with Gasteiger partial charge in [0, 0.05) is 6.92 Å². The lowest BCUT2D eigenvalue weighted by Gasteiger charge is -2.13. The van der Waals surface area contributed by atoms with Gasteiger partial charge in [-0.1, -0.05) is 0 Å². The van der Waals surface area contributed by atoms with Crippen LogP contribution < -0.4 is 0 Å². The second kappa shape index (κ2) is 4.59. The van der Waals surface area contributed by atoms with Gasteiger partial charge in [0.1, 0.15) is 31.2 Å². The van der Waals surface area contributed by atoms with E-state index in [1.807, 2.05) is 0 Å². The maximum Gasteiger partial charge on any atom is 0.345 e. The van der Waals surface area contributed by atoms with Gasteiger partial charge in [-0.15, -0.1) is 0 Å². The van der Waals surface area contributed by atoms with Gasteiger partial charge < -0.3 is 25.1 Å². The first kappa shape index (κ1) is 12.9. The van der Waals surface area contributed by atoms with Crippen LogP contribution in [0.1, 0.15) is 12.1 Å². The summed E-state index contributed by atoms with van der Waals surface area (Å²) < 4.78 is 18.7. The number of halogens is 1. The summed E-state index contributed by atoms with van der Waals surface area (Å²) in [5, 5.41) is 30.1. The van der Waals surface area contributed by atoms with Crippen molar-refractivity contribution in [1.82, 2.24) is 9.55 Å². The van der Waals surface area contributed by atoms with E-state index in [0.29, 0.717) is 0 Å². The third-order valence-corrected chi connectivity index (χ3v) is 2.89. The number of aliphatic hydroxyl groups is 2. The van der Waals surface area contributed by atoms with Crippen LogP contribution in [0.2, 0.25) is 0 Å². The van der Waals surface area contributed by atoms with Crippen LogP contribution >= 0.6 is 0 Å². The Bertz CT molecular complexity index is 465. The summed E-state index contributed by atoms with van der Waals surface area (Å²) in [5.74, 6) is -0.152. The van der Waals surface area contributed by atoms with Gasteiger partial charge in [0.2, 0.25) is 6.23 Å². The molecule has 0 saturated carbocycles. The summed E-state index contributed by atoms with van der Waals surface area (Å²) in [6.45, 7) is 0.495. The zero-order valence-corrected chi connectivity index (χ0v) is 9.43. The van der Waals surface area contributed by atoms with Gasteiger partial charge in [-0.2, -0.15) is 4.57 Å². The number of hydrogen-bond acceptors (Lipinski definition) is 6. The fraction of sp³-hybridized carbons (Fsp3) is 0.667. The van der Waals surface area contributed by atoms with Crippen LogP contribution in [0.4, 0.5) is 10.2 Å². The minimum atomic E-state index is -1.45. The molecule has 100 valence electrons. The van der Waals surface area contributed by atoms with E-state index in [0.717, 1.165) is 10.8 Å². The predicted octanol–water partition coefficient (Wildman–Crippen LogP) is -0.312. The second-order valence-corrected chi connectivity index (χ2v) is 3.99. The van der Waals surface area contributed by atoms with Crippen molar-refractivity contribution in [1.29, 1.82) is 0 Å². The molecule has 0 radical (unpaired) electrons. The fourth-order valence-corrected chi connectivity index (χ4v) is 1.96. The summed E-state index contributed by atoms with van der Waals surface area (Å²) in [6.07, 6.45) is -4.28. The van der Waals surface area contributed by atoms with Crippen molar-refractivity contribution in [2.24, 2.45) is 0 Å². The molecule has 2 heterocycles. The largest absolute Gasteiger partial charge is 0.387 e. The molecule has 0 aromatic carbocycles. The van der Waals surface area contributed by atoms with Crippen LogP contribution in [0.3, 0.4) is 0 Å². The number of aliphatic hydroxyl groups excluding tert-OH is 2. The van der Waals surface area contributed by atoms with E-state index in [4.69, 9.17) is 4.74 Å². The van der Waals surface area contributed by atoms with Gasteiger partial charge >= 0.3 is 5.82 Å².